The van der Waals surface area contributed by atoms with E-state index < -0.39 is 0 Å². The maximum Gasteiger partial charge on any atom is 0.119 e. The number of halogens is 2. The van der Waals surface area contributed by atoms with Crippen LogP contribution in [-0.2, 0) is 0 Å². The van der Waals surface area contributed by atoms with E-state index in [0.29, 0.717) is 15.6 Å². The van der Waals surface area contributed by atoms with Crippen molar-refractivity contribution in [3.8, 4) is 5.75 Å². The average Bonchev–Trinajstić information content (AvgIpc) is 2.42. The molecular formula is C16H24Br2O. The Morgan fingerprint density at radius 1 is 1.05 bits per heavy atom. The minimum atomic E-state index is 0.225. The highest BCUT2D eigenvalue weighted by Crippen LogP contribution is 2.28. The summed E-state index contributed by atoms with van der Waals surface area (Å²) in [6.07, 6.45) is 3.56. The van der Waals surface area contributed by atoms with Crippen LogP contribution in [0.25, 0.3) is 0 Å². The molecule has 1 nitrogen and oxygen atoms in total. The minimum absolute atomic E-state index is 0.225. The molecule has 0 aliphatic rings. The van der Waals surface area contributed by atoms with Gasteiger partial charge in [-0.25, -0.2) is 0 Å². The Balaban J connectivity index is 2.59. The highest BCUT2D eigenvalue weighted by Gasteiger charge is 2.24. The van der Waals surface area contributed by atoms with Gasteiger partial charge in [0.05, 0.1) is 4.83 Å². The standard InChI is InChI=1S/C16H24Br2O/c1-4-13(12(3)17)11-15(18)16(5-2)19-14-9-7-6-8-10-14/h6-10,12-13,15-16H,4-5,11H2,1-3H3. The van der Waals surface area contributed by atoms with Gasteiger partial charge in [0.2, 0.25) is 0 Å². The van der Waals surface area contributed by atoms with Crippen molar-refractivity contribution < 1.29 is 4.74 Å². The average molecular weight is 392 g/mol. The lowest BCUT2D eigenvalue weighted by Gasteiger charge is -2.27. The summed E-state index contributed by atoms with van der Waals surface area (Å²) in [5.41, 5.74) is 0. The van der Waals surface area contributed by atoms with Crippen LogP contribution in [0.1, 0.15) is 40.0 Å². The van der Waals surface area contributed by atoms with Gasteiger partial charge in [-0.1, -0.05) is 77.3 Å². The molecule has 108 valence electrons. The second kappa shape index (κ2) is 9.02. The topological polar surface area (TPSA) is 9.23 Å². The Labute approximate surface area is 134 Å². The lowest BCUT2D eigenvalue weighted by molar-refractivity contribution is 0.184. The molecular weight excluding hydrogens is 368 g/mol. The number of benzene rings is 1. The summed E-state index contributed by atoms with van der Waals surface area (Å²) >= 11 is 7.53. The van der Waals surface area contributed by atoms with E-state index in [4.69, 9.17) is 4.74 Å². The fraction of sp³-hybridized carbons (Fsp3) is 0.625. The highest BCUT2D eigenvalue weighted by molar-refractivity contribution is 9.09. The molecule has 0 heterocycles. The Morgan fingerprint density at radius 3 is 2.16 bits per heavy atom. The van der Waals surface area contributed by atoms with E-state index in [0.717, 1.165) is 18.6 Å². The van der Waals surface area contributed by atoms with Crippen LogP contribution in [0.4, 0.5) is 0 Å². The van der Waals surface area contributed by atoms with E-state index in [1.807, 2.05) is 30.3 Å². The zero-order valence-corrected chi connectivity index (χ0v) is 15.2. The third-order valence-electron chi connectivity index (χ3n) is 3.54. The van der Waals surface area contributed by atoms with Crippen molar-refractivity contribution >= 4 is 31.9 Å². The number of hydrogen-bond acceptors (Lipinski definition) is 1. The van der Waals surface area contributed by atoms with Gasteiger partial charge < -0.3 is 4.74 Å². The second-order valence-corrected chi connectivity index (χ2v) is 7.60. The van der Waals surface area contributed by atoms with Crippen molar-refractivity contribution in [2.24, 2.45) is 5.92 Å². The molecule has 0 fully saturated rings. The van der Waals surface area contributed by atoms with Crippen LogP contribution in [0, 0.1) is 5.92 Å². The first-order chi connectivity index (χ1) is 9.08. The Bertz CT molecular complexity index is 340. The highest BCUT2D eigenvalue weighted by atomic mass is 79.9. The predicted molar refractivity (Wildman–Crippen MR) is 90.7 cm³/mol. The second-order valence-electron chi connectivity index (χ2n) is 4.98. The van der Waals surface area contributed by atoms with Crippen molar-refractivity contribution in [2.45, 2.75) is 55.8 Å². The van der Waals surface area contributed by atoms with Crippen LogP contribution in [0.5, 0.6) is 5.75 Å². The van der Waals surface area contributed by atoms with Gasteiger partial charge in [-0.05, 0) is 30.9 Å². The summed E-state index contributed by atoms with van der Waals surface area (Å²) in [6.45, 7) is 6.66. The van der Waals surface area contributed by atoms with Gasteiger partial charge in [-0.2, -0.15) is 0 Å². The Morgan fingerprint density at radius 2 is 1.68 bits per heavy atom. The zero-order chi connectivity index (χ0) is 14.3. The van der Waals surface area contributed by atoms with Gasteiger partial charge >= 0.3 is 0 Å². The summed E-state index contributed by atoms with van der Waals surface area (Å²) in [5.74, 6) is 1.64. The lowest BCUT2D eigenvalue weighted by atomic mass is 9.95. The molecule has 1 aromatic rings. The molecule has 19 heavy (non-hydrogen) atoms. The first-order valence-corrected chi connectivity index (χ1v) is 8.91. The summed E-state index contributed by atoms with van der Waals surface area (Å²) in [6, 6.07) is 10.1. The van der Waals surface area contributed by atoms with Crippen LogP contribution in [0.15, 0.2) is 30.3 Å². The first kappa shape index (κ1) is 17.0. The molecule has 0 amide bonds. The van der Waals surface area contributed by atoms with Crippen molar-refractivity contribution in [3.63, 3.8) is 0 Å². The molecule has 0 aliphatic heterocycles. The summed E-state index contributed by atoms with van der Waals surface area (Å²) in [5, 5.41) is 0. The summed E-state index contributed by atoms with van der Waals surface area (Å²) < 4.78 is 6.09. The van der Waals surface area contributed by atoms with Gasteiger partial charge in [0, 0.05) is 4.83 Å². The van der Waals surface area contributed by atoms with E-state index >= 15 is 0 Å². The van der Waals surface area contributed by atoms with Gasteiger partial charge in [0.1, 0.15) is 11.9 Å². The number of para-hydroxylation sites is 1. The molecule has 4 atom stereocenters. The smallest absolute Gasteiger partial charge is 0.119 e. The van der Waals surface area contributed by atoms with Crippen molar-refractivity contribution in [3.05, 3.63) is 30.3 Å². The molecule has 4 unspecified atom stereocenters. The number of hydrogen-bond donors (Lipinski definition) is 0. The number of rotatable bonds is 8. The van der Waals surface area contributed by atoms with Crippen LogP contribution in [0.2, 0.25) is 0 Å². The predicted octanol–water partition coefficient (Wildman–Crippen LogP) is 5.81. The molecule has 1 rings (SSSR count). The maximum atomic E-state index is 6.09. The van der Waals surface area contributed by atoms with Gasteiger partial charge in [-0.3, -0.25) is 0 Å². The molecule has 0 radical (unpaired) electrons. The Kier molecular flexibility index (Phi) is 8.08. The van der Waals surface area contributed by atoms with E-state index in [-0.39, 0.29) is 6.10 Å². The molecule has 1 aromatic carbocycles. The van der Waals surface area contributed by atoms with Crippen molar-refractivity contribution in [1.29, 1.82) is 0 Å². The van der Waals surface area contributed by atoms with Gasteiger partial charge in [0.25, 0.3) is 0 Å². The molecule has 0 aromatic heterocycles. The van der Waals surface area contributed by atoms with Crippen LogP contribution >= 0.6 is 31.9 Å². The van der Waals surface area contributed by atoms with E-state index in [1.165, 1.54) is 6.42 Å². The van der Waals surface area contributed by atoms with Crippen molar-refractivity contribution in [1.82, 2.24) is 0 Å². The number of alkyl halides is 2. The molecule has 3 heteroatoms. The quantitative estimate of drug-likeness (QED) is 0.508. The largest absolute Gasteiger partial charge is 0.489 e. The maximum absolute atomic E-state index is 6.09. The summed E-state index contributed by atoms with van der Waals surface area (Å²) in [7, 11) is 0. The molecule has 0 saturated carbocycles. The van der Waals surface area contributed by atoms with Crippen LogP contribution < -0.4 is 4.74 Å². The third-order valence-corrected chi connectivity index (χ3v) is 5.25. The van der Waals surface area contributed by atoms with Gasteiger partial charge in [0.15, 0.2) is 0 Å². The SMILES string of the molecule is CCC(CC(Br)C(CC)Oc1ccccc1)C(C)Br. The minimum Gasteiger partial charge on any atom is -0.489 e. The zero-order valence-electron chi connectivity index (χ0n) is 12.0. The molecule has 0 spiro atoms. The van der Waals surface area contributed by atoms with Crippen LogP contribution in [0.3, 0.4) is 0 Å². The molecule has 0 bridgehead atoms. The van der Waals surface area contributed by atoms with E-state index in [1.54, 1.807) is 0 Å². The van der Waals surface area contributed by atoms with Gasteiger partial charge in [-0.15, -0.1) is 0 Å². The van der Waals surface area contributed by atoms with E-state index in [2.05, 4.69) is 52.6 Å². The summed E-state index contributed by atoms with van der Waals surface area (Å²) in [4.78, 5) is 0.939. The lowest BCUT2D eigenvalue weighted by Crippen LogP contribution is -2.30. The van der Waals surface area contributed by atoms with E-state index in [9.17, 15) is 0 Å². The number of ether oxygens (including phenoxy) is 1. The molecule has 0 saturated heterocycles. The fourth-order valence-corrected chi connectivity index (χ4v) is 3.76. The normalized spacial score (nSPS) is 17.5. The monoisotopic (exact) mass is 390 g/mol. The molecule has 0 N–H and O–H groups in total. The third kappa shape index (κ3) is 5.86. The fourth-order valence-electron chi connectivity index (χ4n) is 2.21. The van der Waals surface area contributed by atoms with Crippen molar-refractivity contribution in [2.75, 3.05) is 0 Å². The first-order valence-electron chi connectivity index (χ1n) is 7.08. The molecule has 0 aliphatic carbocycles. The van der Waals surface area contributed by atoms with Crippen LogP contribution in [-0.4, -0.2) is 15.8 Å². The Hall–Kier alpha value is -0.0200.